The van der Waals surface area contributed by atoms with Crippen molar-refractivity contribution in [3.8, 4) is 5.75 Å². The second-order valence-electron chi connectivity index (χ2n) is 4.95. The Labute approximate surface area is 126 Å². The summed E-state index contributed by atoms with van der Waals surface area (Å²) in [5.41, 5.74) is 0.984. The van der Waals surface area contributed by atoms with E-state index < -0.39 is 5.82 Å². The van der Waals surface area contributed by atoms with E-state index in [1.807, 2.05) is 0 Å². The van der Waals surface area contributed by atoms with E-state index in [-0.39, 0.29) is 17.5 Å². The van der Waals surface area contributed by atoms with Crippen LogP contribution in [-0.4, -0.2) is 47.9 Å². The molecule has 7 heteroatoms. The molecular weight excluding hydrogens is 289 g/mol. The highest BCUT2D eigenvalue weighted by atomic mass is 19.1. The number of carbonyl (C=O) groups excluding carboxylic acids is 1. The maximum atomic E-state index is 13.5. The molecule has 1 aliphatic rings. The minimum absolute atomic E-state index is 0.203. The number of nitrogens with one attached hydrogen (secondary N) is 1. The monoisotopic (exact) mass is 305 g/mol. The molecule has 22 heavy (non-hydrogen) atoms. The summed E-state index contributed by atoms with van der Waals surface area (Å²) >= 11 is 0. The van der Waals surface area contributed by atoms with E-state index in [0.29, 0.717) is 25.5 Å². The molecule has 1 atom stereocenters. The summed E-state index contributed by atoms with van der Waals surface area (Å²) in [5, 5.41) is 6.76. The summed E-state index contributed by atoms with van der Waals surface area (Å²) in [6.07, 6.45) is 1.62. The van der Waals surface area contributed by atoms with Crippen LogP contribution in [0.3, 0.4) is 0 Å². The highest BCUT2D eigenvalue weighted by Gasteiger charge is 2.31. The average Bonchev–Trinajstić information content (AvgIpc) is 3.08. The molecule has 1 saturated heterocycles. The number of hydrogen-bond acceptors (Lipinski definition) is 4. The minimum Gasteiger partial charge on any atom is -0.496 e. The Bertz CT molecular complexity index is 660. The number of hydrogen-bond donors (Lipinski definition) is 1. The molecule has 1 N–H and O–H groups in total. The average molecular weight is 305 g/mol. The Morgan fingerprint density at radius 1 is 1.50 bits per heavy atom. The third-order valence-corrected chi connectivity index (χ3v) is 3.66. The molecule has 0 aliphatic carbocycles. The fourth-order valence-electron chi connectivity index (χ4n) is 2.56. The molecule has 0 bridgehead atoms. The van der Waals surface area contributed by atoms with Gasteiger partial charge in [0, 0.05) is 12.7 Å². The van der Waals surface area contributed by atoms with Gasteiger partial charge in [-0.15, -0.1) is 0 Å². The normalized spacial score (nSPS) is 18.3. The van der Waals surface area contributed by atoms with E-state index in [2.05, 4.69) is 10.2 Å². The molecule has 0 unspecified atom stereocenters. The number of halogens is 1. The molecule has 0 saturated carbocycles. The van der Waals surface area contributed by atoms with Crippen LogP contribution in [0.5, 0.6) is 5.75 Å². The number of nitrogens with zero attached hydrogens (tertiary/aromatic N) is 2. The topological polar surface area (TPSA) is 67.4 Å². The van der Waals surface area contributed by atoms with Crippen molar-refractivity contribution in [3.63, 3.8) is 0 Å². The minimum atomic E-state index is -0.476. The number of H-pyrrole nitrogens is 1. The maximum absolute atomic E-state index is 13.5. The molecule has 6 nitrogen and oxygen atoms in total. The predicted octanol–water partition coefficient (Wildman–Crippen LogP) is 1.77. The van der Waals surface area contributed by atoms with E-state index >= 15 is 0 Å². The fourth-order valence-corrected chi connectivity index (χ4v) is 2.56. The number of morpholine rings is 1. The van der Waals surface area contributed by atoms with Gasteiger partial charge in [0.2, 0.25) is 0 Å². The maximum Gasteiger partial charge on any atom is 0.258 e. The molecule has 1 aromatic heterocycles. The fraction of sp³-hybridized carbons (Fsp3) is 0.333. The largest absolute Gasteiger partial charge is 0.496 e. The molecule has 1 aromatic carbocycles. The third kappa shape index (κ3) is 2.67. The van der Waals surface area contributed by atoms with Crippen LogP contribution < -0.4 is 4.74 Å². The van der Waals surface area contributed by atoms with E-state index in [4.69, 9.17) is 9.47 Å². The van der Waals surface area contributed by atoms with Crippen molar-refractivity contribution in [2.45, 2.75) is 6.04 Å². The van der Waals surface area contributed by atoms with Crippen LogP contribution in [0.15, 0.2) is 30.5 Å². The first-order valence-electron chi connectivity index (χ1n) is 6.92. The van der Waals surface area contributed by atoms with Crippen LogP contribution in [0.1, 0.15) is 22.1 Å². The summed E-state index contributed by atoms with van der Waals surface area (Å²) < 4.78 is 24.1. The van der Waals surface area contributed by atoms with Gasteiger partial charge in [-0.2, -0.15) is 5.10 Å². The van der Waals surface area contributed by atoms with Gasteiger partial charge in [0.05, 0.1) is 37.6 Å². The van der Waals surface area contributed by atoms with Gasteiger partial charge in [-0.25, -0.2) is 4.39 Å². The summed E-state index contributed by atoms with van der Waals surface area (Å²) in [6.45, 7) is 1.22. The summed E-state index contributed by atoms with van der Waals surface area (Å²) in [7, 11) is 1.45. The molecule has 3 rings (SSSR count). The van der Waals surface area contributed by atoms with Crippen LogP contribution in [0.25, 0.3) is 0 Å². The molecule has 1 fully saturated rings. The van der Waals surface area contributed by atoms with Crippen molar-refractivity contribution in [3.05, 3.63) is 47.5 Å². The third-order valence-electron chi connectivity index (χ3n) is 3.66. The quantitative estimate of drug-likeness (QED) is 0.938. The van der Waals surface area contributed by atoms with E-state index in [0.717, 1.165) is 5.69 Å². The van der Waals surface area contributed by atoms with Gasteiger partial charge in [0.15, 0.2) is 0 Å². The van der Waals surface area contributed by atoms with Crippen molar-refractivity contribution in [2.24, 2.45) is 0 Å². The number of rotatable bonds is 3. The molecule has 1 aliphatic heterocycles. The van der Waals surface area contributed by atoms with Gasteiger partial charge < -0.3 is 14.4 Å². The summed E-state index contributed by atoms with van der Waals surface area (Å²) in [4.78, 5) is 14.5. The van der Waals surface area contributed by atoms with Crippen LogP contribution >= 0.6 is 0 Å². The Morgan fingerprint density at radius 2 is 2.36 bits per heavy atom. The molecular formula is C15H16FN3O3. The van der Waals surface area contributed by atoms with Crippen LogP contribution in [0, 0.1) is 5.82 Å². The Hall–Kier alpha value is -2.41. The molecule has 2 heterocycles. The van der Waals surface area contributed by atoms with Gasteiger partial charge in [-0.1, -0.05) is 0 Å². The number of aromatic amines is 1. The van der Waals surface area contributed by atoms with Crippen molar-refractivity contribution in [1.29, 1.82) is 0 Å². The van der Waals surface area contributed by atoms with Crippen molar-refractivity contribution in [2.75, 3.05) is 26.9 Å². The van der Waals surface area contributed by atoms with Gasteiger partial charge in [0.25, 0.3) is 5.91 Å². The van der Waals surface area contributed by atoms with E-state index in [9.17, 15) is 9.18 Å². The lowest BCUT2D eigenvalue weighted by molar-refractivity contribution is -0.00407. The van der Waals surface area contributed by atoms with Crippen molar-refractivity contribution >= 4 is 5.91 Å². The van der Waals surface area contributed by atoms with Crippen molar-refractivity contribution in [1.82, 2.24) is 15.1 Å². The summed E-state index contributed by atoms with van der Waals surface area (Å²) in [5.74, 6) is -0.420. The number of ether oxygens (including phenoxy) is 2. The Balaban J connectivity index is 1.94. The zero-order valence-electron chi connectivity index (χ0n) is 12.1. The van der Waals surface area contributed by atoms with Crippen LogP contribution in [-0.2, 0) is 4.74 Å². The van der Waals surface area contributed by atoms with Crippen molar-refractivity contribution < 1.29 is 18.7 Å². The smallest absolute Gasteiger partial charge is 0.258 e. The lowest BCUT2D eigenvalue weighted by Crippen LogP contribution is -2.43. The van der Waals surface area contributed by atoms with Gasteiger partial charge in [-0.3, -0.25) is 9.89 Å². The second kappa shape index (κ2) is 6.15. The standard InChI is InChI=1S/C15H16FN3O3/c1-21-14-3-2-10(16)8-11(14)15(20)19-6-7-22-9-13(19)12-4-5-17-18-12/h2-5,8,13H,6-7,9H2,1H3,(H,17,18)/t13-/m1/s1. The number of benzene rings is 1. The SMILES string of the molecule is COc1ccc(F)cc1C(=O)N1CCOC[C@@H]1c1ccn[nH]1. The zero-order valence-corrected chi connectivity index (χ0v) is 12.1. The highest BCUT2D eigenvalue weighted by Crippen LogP contribution is 2.28. The highest BCUT2D eigenvalue weighted by molar-refractivity contribution is 5.97. The van der Waals surface area contributed by atoms with Crippen LogP contribution in [0.2, 0.25) is 0 Å². The molecule has 0 spiro atoms. The second-order valence-corrected chi connectivity index (χ2v) is 4.95. The number of methoxy groups -OCH3 is 1. The van der Waals surface area contributed by atoms with Gasteiger partial charge >= 0.3 is 0 Å². The zero-order chi connectivity index (χ0) is 15.5. The number of aromatic nitrogens is 2. The van der Waals surface area contributed by atoms with Gasteiger partial charge in [-0.05, 0) is 24.3 Å². The first-order valence-corrected chi connectivity index (χ1v) is 6.92. The molecule has 0 radical (unpaired) electrons. The number of amides is 1. The molecule has 2 aromatic rings. The van der Waals surface area contributed by atoms with Gasteiger partial charge in [0.1, 0.15) is 11.6 Å². The first kappa shape index (κ1) is 14.5. The Morgan fingerprint density at radius 3 is 3.09 bits per heavy atom. The van der Waals surface area contributed by atoms with E-state index in [1.54, 1.807) is 17.2 Å². The molecule has 1 amide bonds. The van der Waals surface area contributed by atoms with E-state index in [1.165, 1.54) is 25.3 Å². The lowest BCUT2D eigenvalue weighted by atomic mass is 10.1. The Kier molecular flexibility index (Phi) is 4.06. The first-order chi connectivity index (χ1) is 10.7. The van der Waals surface area contributed by atoms with Crippen LogP contribution in [0.4, 0.5) is 4.39 Å². The molecule has 116 valence electrons. The number of carbonyl (C=O) groups is 1. The predicted molar refractivity (Wildman–Crippen MR) is 76.1 cm³/mol. The summed E-state index contributed by atoms with van der Waals surface area (Å²) in [6, 6.07) is 5.43. The lowest BCUT2D eigenvalue weighted by Gasteiger charge is -2.35.